The van der Waals surface area contributed by atoms with Gasteiger partial charge in [-0.1, -0.05) is 0 Å². The van der Waals surface area contributed by atoms with Gasteiger partial charge in [-0.3, -0.25) is 0 Å². The van der Waals surface area contributed by atoms with E-state index >= 15 is 0 Å². The molecule has 0 saturated carbocycles. The molecule has 0 bridgehead atoms. The van der Waals surface area contributed by atoms with Crippen LogP contribution in [0.3, 0.4) is 0 Å². The lowest BCUT2D eigenvalue weighted by Gasteiger charge is -2.27. The second-order valence-corrected chi connectivity index (χ2v) is 7.00. The first-order valence-electron chi connectivity index (χ1n) is 8.26. The summed E-state index contributed by atoms with van der Waals surface area (Å²) in [4.78, 5) is 18.6. The Bertz CT molecular complexity index is 990. The highest BCUT2D eigenvalue weighted by Gasteiger charge is 2.29. The summed E-state index contributed by atoms with van der Waals surface area (Å²) in [5.41, 5.74) is 1.45. The second-order valence-electron chi connectivity index (χ2n) is 6.15. The Hall–Kier alpha value is -2.61. The van der Waals surface area contributed by atoms with Gasteiger partial charge in [-0.2, -0.15) is 0 Å². The Morgan fingerprint density at radius 1 is 1.35 bits per heavy atom. The number of thioether (sulfide) groups is 1. The zero-order valence-electron chi connectivity index (χ0n) is 14.1. The van der Waals surface area contributed by atoms with Crippen molar-refractivity contribution in [3.8, 4) is 0 Å². The lowest BCUT2D eigenvalue weighted by molar-refractivity contribution is 0.0688. The summed E-state index contributed by atoms with van der Waals surface area (Å²) >= 11 is 1.59. The molecule has 1 fully saturated rings. The number of imidazole rings is 1. The molecule has 0 spiro atoms. The van der Waals surface area contributed by atoms with Gasteiger partial charge in [-0.25, -0.2) is 18.7 Å². The number of carbonyl (C=O) groups is 1. The number of rotatable bonds is 4. The van der Waals surface area contributed by atoms with E-state index in [1.807, 2.05) is 12.3 Å². The molecule has 0 radical (unpaired) electrons. The number of halogens is 1. The summed E-state index contributed by atoms with van der Waals surface area (Å²) in [6, 6.07) is 8.47. The van der Waals surface area contributed by atoms with Gasteiger partial charge in [0.2, 0.25) is 0 Å². The molecule has 0 unspecified atom stereocenters. The maximum atomic E-state index is 13.9. The summed E-state index contributed by atoms with van der Waals surface area (Å²) in [5, 5.41) is 13.8. The van der Waals surface area contributed by atoms with Gasteiger partial charge in [-0.15, -0.1) is 16.9 Å². The summed E-state index contributed by atoms with van der Waals surface area (Å²) < 4.78 is 15.2. The fraction of sp³-hybridized carbons (Fsp3) is 0.278. The van der Waals surface area contributed by atoms with Gasteiger partial charge in [0.1, 0.15) is 11.6 Å². The van der Waals surface area contributed by atoms with Crippen molar-refractivity contribution in [3.05, 3.63) is 53.6 Å². The average molecular weight is 372 g/mol. The number of carboxylic acids is 1. The number of hydrogen-bond donors (Lipinski definition) is 1. The van der Waals surface area contributed by atoms with E-state index in [0.29, 0.717) is 11.5 Å². The van der Waals surface area contributed by atoms with Crippen LogP contribution in [0.2, 0.25) is 0 Å². The van der Waals surface area contributed by atoms with Crippen molar-refractivity contribution < 1.29 is 14.3 Å². The van der Waals surface area contributed by atoms with Crippen LogP contribution >= 0.6 is 11.8 Å². The zero-order chi connectivity index (χ0) is 18.3. The first-order chi connectivity index (χ1) is 12.6. The third kappa shape index (κ3) is 2.80. The number of hydrogen-bond acceptors (Lipinski definition) is 5. The molecule has 4 rings (SSSR count). The molecular weight excluding hydrogens is 355 g/mol. The monoisotopic (exact) mass is 372 g/mol. The summed E-state index contributed by atoms with van der Waals surface area (Å²) in [5.74, 6) is -0.664. The van der Waals surface area contributed by atoms with Crippen LogP contribution in [-0.2, 0) is 0 Å². The van der Waals surface area contributed by atoms with Gasteiger partial charge in [0.15, 0.2) is 11.3 Å². The SMILES string of the molecule is CSc1ccc(F)cc1[C@H]1CCCN1c1ccc2ncc(C(=O)O)n2n1. The molecule has 0 amide bonds. The number of aromatic nitrogens is 3. The number of nitrogens with zero attached hydrogens (tertiary/aromatic N) is 4. The van der Waals surface area contributed by atoms with Crippen molar-refractivity contribution in [1.82, 2.24) is 14.6 Å². The molecule has 1 aliphatic rings. The first kappa shape index (κ1) is 16.8. The lowest BCUT2D eigenvalue weighted by Crippen LogP contribution is -2.25. The highest BCUT2D eigenvalue weighted by molar-refractivity contribution is 7.98. The first-order valence-corrected chi connectivity index (χ1v) is 9.49. The van der Waals surface area contributed by atoms with Crippen LogP contribution in [0.15, 0.2) is 41.4 Å². The quantitative estimate of drug-likeness (QED) is 0.705. The highest BCUT2D eigenvalue weighted by Crippen LogP contribution is 2.39. The molecule has 1 aromatic carbocycles. The minimum absolute atomic E-state index is 0.00917. The second kappa shape index (κ2) is 6.60. The van der Waals surface area contributed by atoms with Crippen LogP contribution in [0.5, 0.6) is 0 Å². The van der Waals surface area contributed by atoms with E-state index in [0.717, 1.165) is 29.8 Å². The van der Waals surface area contributed by atoms with E-state index in [1.54, 1.807) is 30.0 Å². The van der Waals surface area contributed by atoms with Crippen LogP contribution < -0.4 is 4.90 Å². The largest absolute Gasteiger partial charge is 0.476 e. The number of fused-ring (bicyclic) bond motifs is 1. The van der Waals surface area contributed by atoms with Gasteiger partial charge >= 0.3 is 5.97 Å². The highest BCUT2D eigenvalue weighted by atomic mass is 32.2. The molecule has 26 heavy (non-hydrogen) atoms. The van der Waals surface area contributed by atoms with Gasteiger partial charge in [0.25, 0.3) is 0 Å². The molecule has 3 heterocycles. The molecule has 1 aliphatic heterocycles. The van der Waals surface area contributed by atoms with Crippen molar-refractivity contribution in [2.24, 2.45) is 0 Å². The van der Waals surface area contributed by atoms with Gasteiger partial charge in [0, 0.05) is 11.4 Å². The zero-order valence-corrected chi connectivity index (χ0v) is 14.9. The van der Waals surface area contributed by atoms with E-state index < -0.39 is 5.97 Å². The van der Waals surface area contributed by atoms with E-state index in [4.69, 9.17) is 0 Å². The molecule has 2 aromatic heterocycles. The lowest BCUT2D eigenvalue weighted by atomic mass is 10.0. The Labute approximate surface area is 153 Å². The minimum atomic E-state index is -1.07. The number of anilines is 1. The fourth-order valence-corrected chi connectivity index (χ4v) is 4.13. The maximum absolute atomic E-state index is 13.9. The topological polar surface area (TPSA) is 70.7 Å². The third-order valence-corrected chi connectivity index (χ3v) is 5.48. The van der Waals surface area contributed by atoms with Crippen molar-refractivity contribution >= 4 is 29.2 Å². The number of benzene rings is 1. The van der Waals surface area contributed by atoms with E-state index in [2.05, 4.69) is 15.0 Å². The van der Waals surface area contributed by atoms with Crippen molar-refractivity contribution in [1.29, 1.82) is 0 Å². The number of carboxylic acid groups (broad SMARTS) is 1. The van der Waals surface area contributed by atoms with Gasteiger partial charge in [0.05, 0.1) is 12.2 Å². The molecule has 1 N–H and O–H groups in total. The van der Waals surface area contributed by atoms with Crippen LogP contribution in [0.25, 0.3) is 5.65 Å². The van der Waals surface area contributed by atoms with Gasteiger partial charge in [-0.05, 0) is 55.0 Å². The summed E-state index contributed by atoms with van der Waals surface area (Å²) in [6.07, 6.45) is 5.14. The Morgan fingerprint density at radius 2 is 2.19 bits per heavy atom. The standard InChI is InChI=1S/C18H17FN4O2S/c1-26-15-5-4-11(19)9-12(15)13-3-2-8-22(13)17-7-6-16-20-10-14(18(24)25)23(16)21-17/h4-7,9-10,13H,2-3,8H2,1H3,(H,24,25)/t13-/m1/s1. The Balaban J connectivity index is 1.77. The summed E-state index contributed by atoms with van der Waals surface area (Å²) in [7, 11) is 0. The molecule has 3 aromatic rings. The molecule has 6 nitrogen and oxygen atoms in total. The Kier molecular flexibility index (Phi) is 4.28. The molecule has 0 aliphatic carbocycles. The van der Waals surface area contributed by atoms with Crippen LogP contribution in [0.4, 0.5) is 10.2 Å². The van der Waals surface area contributed by atoms with Crippen LogP contribution in [-0.4, -0.2) is 38.5 Å². The fourth-order valence-electron chi connectivity index (χ4n) is 3.49. The Morgan fingerprint density at radius 3 is 2.96 bits per heavy atom. The number of aromatic carboxylic acids is 1. The van der Waals surface area contributed by atoms with Crippen LogP contribution in [0.1, 0.15) is 34.9 Å². The predicted molar refractivity (Wildman–Crippen MR) is 97.4 cm³/mol. The van der Waals surface area contributed by atoms with Crippen molar-refractivity contribution in [3.63, 3.8) is 0 Å². The summed E-state index contributed by atoms with van der Waals surface area (Å²) in [6.45, 7) is 0.782. The molecule has 8 heteroatoms. The van der Waals surface area contributed by atoms with E-state index in [-0.39, 0.29) is 17.6 Å². The predicted octanol–water partition coefficient (Wildman–Crippen LogP) is 3.63. The molecule has 134 valence electrons. The van der Waals surface area contributed by atoms with Crippen LogP contribution in [0, 0.1) is 5.82 Å². The molecule has 1 saturated heterocycles. The van der Waals surface area contributed by atoms with E-state index in [9.17, 15) is 14.3 Å². The average Bonchev–Trinajstić information content (AvgIpc) is 3.28. The van der Waals surface area contributed by atoms with Crippen molar-refractivity contribution in [2.45, 2.75) is 23.8 Å². The van der Waals surface area contributed by atoms with Gasteiger partial charge < -0.3 is 10.0 Å². The van der Waals surface area contributed by atoms with E-state index in [1.165, 1.54) is 16.8 Å². The maximum Gasteiger partial charge on any atom is 0.356 e. The molecular formula is C18H17FN4O2S. The minimum Gasteiger partial charge on any atom is -0.476 e. The normalized spacial score (nSPS) is 17.2. The smallest absolute Gasteiger partial charge is 0.356 e. The molecule has 1 atom stereocenters. The van der Waals surface area contributed by atoms with Crippen molar-refractivity contribution in [2.75, 3.05) is 17.7 Å². The third-order valence-electron chi connectivity index (χ3n) is 4.67.